The molecule has 0 saturated heterocycles. The molecule has 0 spiro atoms. The Morgan fingerprint density at radius 2 is 1.71 bits per heavy atom. The molecule has 1 aliphatic carbocycles. The maximum atomic E-state index is 5.46. The summed E-state index contributed by atoms with van der Waals surface area (Å²) >= 11 is 3.48. The zero-order chi connectivity index (χ0) is 14.7. The minimum absolute atomic E-state index is 0.580. The van der Waals surface area contributed by atoms with Gasteiger partial charge in [0, 0.05) is 16.2 Å². The molecule has 0 aliphatic heterocycles. The van der Waals surface area contributed by atoms with Crippen molar-refractivity contribution in [1.29, 1.82) is 0 Å². The second-order valence-corrected chi connectivity index (χ2v) is 6.43. The number of nitrogens with one attached hydrogen (secondary N) is 1. The molecule has 0 bridgehead atoms. The molecule has 0 unspecified atom stereocenters. The van der Waals surface area contributed by atoms with E-state index in [0.29, 0.717) is 18.6 Å². The van der Waals surface area contributed by atoms with Crippen LogP contribution in [0.15, 0.2) is 53.0 Å². The van der Waals surface area contributed by atoms with Gasteiger partial charge in [-0.05, 0) is 67.6 Å². The molecule has 0 amide bonds. The van der Waals surface area contributed by atoms with Gasteiger partial charge in [-0.3, -0.25) is 0 Å². The largest absolute Gasteiger partial charge is 0.494 e. The van der Waals surface area contributed by atoms with Gasteiger partial charge in [0.15, 0.2) is 0 Å². The molecule has 1 fully saturated rings. The zero-order valence-corrected chi connectivity index (χ0v) is 13.8. The van der Waals surface area contributed by atoms with Gasteiger partial charge in [-0.1, -0.05) is 28.1 Å². The Balaban J connectivity index is 1.51. The molecule has 0 heterocycles. The maximum Gasteiger partial charge on any atom is 0.119 e. The molecule has 1 N–H and O–H groups in total. The van der Waals surface area contributed by atoms with Crippen molar-refractivity contribution in [3.8, 4) is 5.75 Å². The molecule has 0 atom stereocenters. The highest BCUT2D eigenvalue weighted by Gasteiger charge is 2.29. The van der Waals surface area contributed by atoms with Crippen LogP contribution in [0, 0.1) is 0 Å². The van der Waals surface area contributed by atoms with E-state index in [0.717, 1.165) is 10.2 Å². The van der Waals surface area contributed by atoms with Gasteiger partial charge < -0.3 is 10.1 Å². The first kappa shape index (κ1) is 14.5. The fourth-order valence-corrected chi connectivity index (χ4v) is 3.06. The highest BCUT2D eigenvalue weighted by Crippen LogP contribution is 2.38. The zero-order valence-electron chi connectivity index (χ0n) is 12.2. The van der Waals surface area contributed by atoms with E-state index in [1.165, 1.54) is 24.1 Å². The Morgan fingerprint density at radius 1 is 1.05 bits per heavy atom. The molecule has 0 aromatic heterocycles. The van der Waals surface area contributed by atoms with Crippen molar-refractivity contribution in [3.63, 3.8) is 0 Å². The second kappa shape index (κ2) is 6.52. The Bertz CT molecular complexity index is 573. The van der Waals surface area contributed by atoms with Crippen LogP contribution in [0.5, 0.6) is 5.75 Å². The van der Waals surface area contributed by atoms with Crippen LogP contribution in [0.3, 0.4) is 0 Å². The van der Waals surface area contributed by atoms with Crippen LogP contribution in [0.25, 0.3) is 0 Å². The molecule has 2 aromatic rings. The summed E-state index contributed by atoms with van der Waals surface area (Å²) in [5, 5.41) is 3.59. The summed E-state index contributed by atoms with van der Waals surface area (Å²) in [6.45, 7) is 2.72. The minimum Gasteiger partial charge on any atom is -0.494 e. The van der Waals surface area contributed by atoms with E-state index < -0.39 is 0 Å². The summed E-state index contributed by atoms with van der Waals surface area (Å²) in [4.78, 5) is 0. The summed E-state index contributed by atoms with van der Waals surface area (Å²) in [5.74, 6) is 1.63. The van der Waals surface area contributed by atoms with Crippen LogP contribution in [0.1, 0.15) is 31.2 Å². The van der Waals surface area contributed by atoms with Gasteiger partial charge in [0.1, 0.15) is 5.75 Å². The van der Waals surface area contributed by atoms with Crippen molar-refractivity contribution < 1.29 is 4.74 Å². The van der Waals surface area contributed by atoms with Gasteiger partial charge in [-0.2, -0.15) is 0 Å². The fraction of sp³-hybridized carbons (Fsp3) is 0.333. The Kier molecular flexibility index (Phi) is 4.49. The van der Waals surface area contributed by atoms with E-state index in [2.05, 4.69) is 57.6 Å². The Hall–Kier alpha value is -1.48. The molecule has 3 heteroatoms. The second-order valence-electron chi connectivity index (χ2n) is 5.52. The van der Waals surface area contributed by atoms with Crippen molar-refractivity contribution in [2.24, 2.45) is 0 Å². The third kappa shape index (κ3) is 3.59. The number of halogens is 1. The van der Waals surface area contributed by atoms with Gasteiger partial charge in [-0.25, -0.2) is 0 Å². The van der Waals surface area contributed by atoms with Crippen molar-refractivity contribution in [1.82, 2.24) is 0 Å². The molecule has 21 heavy (non-hydrogen) atoms. The Labute approximate surface area is 134 Å². The van der Waals surface area contributed by atoms with Crippen molar-refractivity contribution >= 4 is 21.6 Å². The SMILES string of the molecule is CCOc1ccc(NC2CC(c3ccc(Br)cc3)C2)cc1. The Morgan fingerprint density at radius 3 is 2.33 bits per heavy atom. The number of anilines is 1. The lowest BCUT2D eigenvalue weighted by molar-refractivity contribution is 0.340. The third-order valence-electron chi connectivity index (χ3n) is 4.02. The smallest absolute Gasteiger partial charge is 0.119 e. The lowest BCUT2D eigenvalue weighted by Crippen LogP contribution is -2.33. The predicted octanol–water partition coefficient (Wildman–Crippen LogP) is 5.21. The normalized spacial score (nSPS) is 20.7. The third-order valence-corrected chi connectivity index (χ3v) is 4.54. The van der Waals surface area contributed by atoms with E-state index in [1.54, 1.807) is 0 Å². The minimum atomic E-state index is 0.580. The van der Waals surface area contributed by atoms with Gasteiger partial charge in [-0.15, -0.1) is 0 Å². The lowest BCUT2D eigenvalue weighted by Gasteiger charge is -2.37. The summed E-state index contributed by atoms with van der Waals surface area (Å²) in [6, 6.07) is 17.5. The predicted molar refractivity (Wildman–Crippen MR) is 91.1 cm³/mol. The number of benzene rings is 2. The first-order chi connectivity index (χ1) is 10.2. The lowest BCUT2D eigenvalue weighted by atomic mass is 9.76. The summed E-state index contributed by atoms with van der Waals surface area (Å²) in [7, 11) is 0. The van der Waals surface area contributed by atoms with Crippen LogP contribution in [-0.4, -0.2) is 12.6 Å². The van der Waals surface area contributed by atoms with Gasteiger partial charge >= 0.3 is 0 Å². The summed E-state index contributed by atoms with van der Waals surface area (Å²) in [5.41, 5.74) is 2.63. The topological polar surface area (TPSA) is 21.3 Å². The highest BCUT2D eigenvalue weighted by molar-refractivity contribution is 9.10. The van der Waals surface area contributed by atoms with Crippen LogP contribution in [0.4, 0.5) is 5.69 Å². The van der Waals surface area contributed by atoms with E-state index >= 15 is 0 Å². The number of rotatable bonds is 5. The van der Waals surface area contributed by atoms with Crippen molar-refractivity contribution in [3.05, 3.63) is 58.6 Å². The molecule has 1 aliphatic rings. The quantitative estimate of drug-likeness (QED) is 0.803. The summed E-state index contributed by atoms with van der Waals surface area (Å²) < 4.78 is 6.61. The molecular weight excluding hydrogens is 326 g/mol. The van der Waals surface area contributed by atoms with E-state index in [-0.39, 0.29) is 0 Å². The van der Waals surface area contributed by atoms with E-state index in [9.17, 15) is 0 Å². The van der Waals surface area contributed by atoms with Gasteiger partial charge in [0.2, 0.25) is 0 Å². The number of hydrogen-bond donors (Lipinski definition) is 1. The monoisotopic (exact) mass is 345 g/mol. The van der Waals surface area contributed by atoms with Crippen LogP contribution in [0.2, 0.25) is 0 Å². The molecular formula is C18H20BrNO. The van der Waals surface area contributed by atoms with Gasteiger partial charge in [0.05, 0.1) is 6.61 Å². The maximum absolute atomic E-state index is 5.46. The summed E-state index contributed by atoms with van der Waals surface area (Å²) in [6.07, 6.45) is 2.41. The fourth-order valence-electron chi connectivity index (χ4n) is 2.79. The molecule has 1 saturated carbocycles. The van der Waals surface area contributed by atoms with E-state index in [1.807, 2.05) is 19.1 Å². The molecule has 2 nitrogen and oxygen atoms in total. The number of ether oxygens (including phenoxy) is 1. The molecule has 2 aromatic carbocycles. The van der Waals surface area contributed by atoms with Gasteiger partial charge in [0.25, 0.3) is 0 Å². The first-order valence-corrected chi connectivity index (χ1v) is 8.28. The van der Waals surface area contributed by atoms with Crippen LogP contribution in [-0.2, 0) is 0 Å². The van der Waals surface area contributed by atoms with Crippen LogP contribution < -0.4 is 10.1 Å². The highest BCUT2D eigenvalue weighted by atomic mass is 79.9. The van der Waals surface area contributed by atoms with Crippen molar-refractivity contribution in [2.45, 2.75) is 31.7 Å². The average Bonchev–Trinajstić information content (AvgIpc) is 2.46. The first-order valence-electron chi connectivity index (χ1n) is 7.49. The average molecular weight is 346 g/mol. The molecule has 110 valence electrons. The number of hydrogen-bond acceptors (Lipinski definition) is 2. The van der Waals surface area contributed by atoms with E-state index in [4.69, 9.17) is 4.74 Å². The standard InChI is InChI=1S/C18H20BrNO/c1-2-21-18-9-7-16(8-10-18)20-17-11-14(12-17)13-3-5-15(19)6-4-13/h3-10,14,17,20H,2,11-12H2,1H3. The molecule has 3 rings (SSSR count). The van der Waals surface area contributed by atoms with Crippen LogP contribution >= 0.6 is 15.9 Å². The molecule has 0 radical (unpaired) electrons. The van der Waals surface area contributed by atoms with Crippen molar-refractivity contribution in [2.75, 3.05) is 11.9 Å².